The Bertz CT molecular complexity index is 462. The van der Waals surface area contributed by atoms with Crippen molar-refractivity contribution in [3.05, 3.63) is 29.6 Å². The van der Waals surface area contributed by atoms with Crippen LogP contribution in [0, 0.1) is 5.82 Å². The number of halogens is 1. The van der Waals surface area contributed by atoms with Crippen LogP contribution in [-0.4, -0.2) is 36.7 Å². The first-order valence-corrected chi connectivity index (χ1v) is 7.71. The number of benzene rings is 1. The van der Waals surface area contributed by atoms with Crippen molar-refractivity contribution in [1.29, 1.82) is 0 Å². The highest BCUT2D eigenvalue weighted by Gasteiger charge is 2.26. The summed E-state index contributed by atoms with van der Waals surface area (Å²) in [6, 6.07) is 5.68. The van der Waals surface area contributed by atoms with E-state index in [1.807, 2.05) is 6.07 Å². The molecule has 3 nitrogen and oxygen atoms in total. The molecule has 21 heavy (non-hydrogen) atoms. The Hall–Kier alpha value is -1.13. The van der Waals surface area contributed by atoms with Crippen LogP contribution in [0.5, 0.6) is 5.75 Å². The van der Waals surface area contributed by atoms with Gasteiger partial charge in [-0.05, 0) is 51.3 Å². The molecule has 0 bridgehead atoms. The normalized spacial score (nSPS) is 18.0. The van der Waals surface area contributed by atoms with Crippen molar-refractivity contribution in [1.82, 2.24) is 10.2 Å². The standard InChI is InChI=1S/C17H27FN2O/c1-17(2,3)20-9-7-14(8-10-20)19-12-13-5-6-16(21-4)15(18)11-13/h5-6,11,14,19H,7-10,12H2,1-4H3. The zero-order valence-electron chi connectivity index (χ0n) is 13.6. The predicted octanol–water partition coefficient (Wildman–Crippen LogP) is 3.19. The van der Waals surface area contributed by atoms with Gasteiger partial charge in [-0.2, -0.15) is 0 Å². The van der Waals surface area contributed by atoms with E-state index in [1.54, 1.807) is 12.1 Å². The van der Waals surface area contributed by atoms with Crippen molar-refractivity contribution >= 4 is 0 Å². The number of hydrogen-bond acceptors (Lipinski definition) is 3. The van der Waals surface area contributed by atoms with Crippen LogP contribution in [0.2, 0.25) is 0 Å². The van der Waals surface area contributed by atoms with Crippen molar-refractivity contribution in [2.24, 2.45) is 0 Å². The molecule has 1 aromatic carbocycles. The van der Waals surface area contributed by atoms with Gasteiger partial charge < -0.3 is 10.1 Å². The molecule has 0 amide bonds. The van der Waals surface area contributed by atoms with E-state index in [-0.39, 0.29) is 11.4 Å². The Morgan fingerprint density at radius 2 is 1.95 bits per heavy atom. The SMILES string of the molecule is COc1ccc(CNC2CCN(C(C)(C)C)CC2)cc1F. The highest BCUT2D eigenvalue weighted by atomic mass is 19.1. The fourth-order valence-electron chi connectivity index (χ4n) is 2.84. The molecule has 0 atom stereocenters. The average Bonchev–Trinajstić information content (AvgIpc) is 2.45. The monoisotopic (exact) mass is 294 g/mol. The summed E-state index contributed by atoms with van der Waals surface area (Å²) in [6.45, 7) is 9.75. The Balaban J connectivity index is 1.81. The van der Waals surface area contributed by atoms with Crippen molar-refractivity contribution in [2.75, 3.05) is 20.2 Å². The van der Waals surface area contributed by atoms with E-state index in [0.29, 0.717) is 18.3 Å². The van der Waals surface area contributed by atoms with Gasteiger partial charge in [0, 0.05) is 31.2 Å². The first kappa shape index (κ1) is 16.2. The molecule has 1 aliphatic heterocycles. The lowest BCUT2D eigenvalue weighted by atomic mass is 9.98. The van der Waals surface area contributed by atoms with Crippen LogP contribution in [0.1, 0.15) is 39.2 Å². The minimum absolute atomic E-state index is 0.254. The van der Waals surface area contributed by atoms with E-state index < -0.39 is 0 Å². The quantitative estimate of drug-likeness (QED) is 0.923. The van der Waals surface area contributed by atoms with Crippen LogP contribution in [0.4, 0.5) is 4.39 Å². The number of nitrogens with zero attached hydrogens (tertiary/aromatic N) is 1. The number of methoxy groups -OCH3 is 1. The van der Waals surface area contributed by atoms with Gasteiger partial charge in [-0.15, -0.1) is 0 Å². The first-order chi connectivity index (χ1) is 9.90. The number of ether oxygens (including phenoxy) is 1. The van der Waals surface area contributed by atoms with E-state index in [0.717, 1.165) is 31.5 Å². The molecular formula is C17H27FN2O. The summed E-state index contributed by atoms with van der Waals surface area (Å²) in [5.74, 6) is 0.0107. The molecule has 1 aliphatic rings. The molecule has 1 saturated heterocycles. The van der Waals surface area contributed by atoms with Gasteiger partial charge in [0.2, 0.25) is 0 Å². The molecule has 0 radical (unpaired) electrons. The van der Waals surface area contributed by atoms with E-state index in [1.165, 1.54) is 7.11 Å². The molecule has 0 unspecified atom stereocenters. The fraction of sp³-hybridized carbons (Fsp3) is 0.647. The van der Waals surface area contributed by atoms with Gasteiger partial charge in [-0.25, -0.2) is 4.39 Å². The third kappa shape index (κ3) is 4.42. The van der Waals surface area contributed by atoms with Crippen LogP contribution in [0.15, 0.2) is 18.2 Å². The maximum atomic E-state index is 13.6. The molecular weight excluding hydrogens is 267 g/mol. The van der Waals surface area contributed by atoms with Crippen molar-refractivity contribution in [3.63, 3.8) is 0 Å². The lowest BCUT2D eigenvalue weighted by Crippen LogP contribution is -2.49. The lowest BCUT2D eigenvalue weighted by Gasteiger charge is -2.41. The topological polar surface area (TPSA) is 24.5 Å². The molecule has 0 saturated carbocycles. The third-order valence-electron chi connectivity index (χ3n) is 4.25. The van der Waals surface area contributed by atoms with Gasteiger partial charge in [0.1, 0.15) is 0 Å². The number of nitrogens with one attached hydrogen (secondary N) is 1. The second kappa shape index (κ2) is 6.75. The van der Waals surface area contributed by atoms with Crippen LogP contribution < -0.4 is 10.1 Å². The maximum absolute atomic E-state index is 13.6. The summed E-state index contributed by atoms with van der Waals surface area (Å²) in [5.41, 5.74) is 1.22. The van der Waals surface area contributed by atoms with Gasteiger partial charge in [0.25, 0.3) is 0 Å². The third-order valence-corrected chi connectivity index (χ3v) is 4.25. The zero-order chi connectivity index (χ0) is 15.5. The summed E-state index contributed by atoms with van der Waals surface area (Å²) in [6.07, 6.45) is 2.30. The minimum atomic E-state index is -0.292. The minimum Gasteiger partial charge on any atom is -0.494 e. The molecule has 1 aromatic rings. The summed E-state index contributed by atoms with van der Waals surface area (Å²) in [5, 5.41) is 3.54. The molecule has 0 aliphatic carbocycles. The molecule has 4 heteroatoms. The van der Waals surface area contributed by atoms with Crippen LogP contribution in [-0.2, 0) is 6.54 Å². The Morgan fingerprint density at radius 1 is 1.29 bits per heavy atom. The number of piperidine rings is 1. The van der Waals surface area contributed by atoms with Gasteiger partial charge in [-0.3, -0.25) is 4.90 Å². The average molecular weight is 294 g/mol. The van der Waals surface area contributed by atoms with Crippen LogP contribution in [0.3, 0.4) is 0 Å². The molecule has 1 N–H and O–H groups in total. The zero-order valence-corrected chi connectivity index (χ0v) is 13.6. The molecule has 0 aromatic heterocycles. The smallest absolute Gasteiger partial charge is 0.165 e. The fourth-order valence-corrected chi connectivity index (χ4v) is 2.84. The maximum Gasteiger partial charge on any atom is 0.165 e. The van der Waals surface area contributed by atoms with E-state index in [4.69, 9.17) is 4.74 Å². The van der Waals surface area contributed by atoms with Crippen molar-refractivity contribution in [2.45, 2.75) is 51.7 Å². The molecule has 1 heterocycles. The molecule has 118 valence electrons. The predicted molar refractivity (Wildman–Crippen MR) is 84.1 cm³/mol. The Labute approximate surface area is 127 Å². The number of hydrogen-bond donors (Lipinski definition) is 1. The summed E-state index contributed by atoms with van der Waals surface area (Å²) >= 11 is 0. The Morgan fingerprint density at radius 3 is 2.48 bits per heavy atom. The molecule has 1 fully saturated rings. The Kier molecular flexibility index (Phi) is 5.22. The van der Waals surface area contributed by atoms with E-state index >= 15 is 0 Å². The van der Waals surface area contributed by atoms with Crippen LogP contribution in [0.25, 0.3) is 0 Å². The van der Waals surface area contributed by atoms with Crippen molar-refractivity contribution < 1.29 is 9.13 Å². The summed E-state index contributed by atoms with van der Waals surface area (Å²) in [7, 11) is 1.49. The van der Waals surface area contributed by atoms with Gasteiger partial charge in [0.15, 0.2) is 11.6 Å². The summed E-state index contributed by atoms with van der Waals surface area (Å²) < 4.78 is 18.6. The first-order valence-electron chi connectivity index (χ1n) is 7.71. The summed E-state index contributed by atoms with van der Waals surface area (Å²) in [4.78, 5) is 2.53. The molecule has 2 rings (SSSR count). The van der Waals surface area contributed by atoms with Gasteiger partial charge in [0.05, 0.1) is 7.11 Å². The lowest BCUT2D eigenvalue weighted by molar-refractivity contribution is 0.0960. The number of likely N-dealkylation sites (tertiary alicyclic amines) is 1. The second-order valence-electron chi connectivity index (χ2n) is 6.78. The van der Waals surface area contributed by atoms with Gasteiger partial charge >= 0.3 is 0 Å². The highest BCUT2D eigenvalue weighted by Crippen LogP contribution is 2.21. The van der Waals surface area contributed by atoms with Crippen molar-refractivity contribution in [3.8, 4) is 5.75 Å². The highest BCUT2D eigenvalue weighted by molar-refractivity contribution is 5.29. The second-order valence-corrected chi connectivity index (χ2v) is 6.78. The van der Waals surface area contributed by atoms with Gasteiger partial charge in [-0.1, -0.05) is 6.07 Å². The molecule has 0 spiro atoms. The number of rotatable bonds is 4. The van der Waals surface area contributed by atoms with E-state index in [2.05, 4.69) is 31.0 Å². The van der Waals surface area contributed by atoms with Crippen LogP contribution >= 0.6 is 0 Å². The largest absolute Gasteiger partial charge is 0.494 e. The van der Waals surface area contributed by atoms with E-state index in [9.17, 15) is 4.39 Å².